The molecule has 0 amide bonds. The van der Waals surface area contributed by atoms with Crippen molar-refractivity contribution in [1.82, 2.24) is 0 Å². The molecular formula is C8H10O4S2. The van der Waals surface area contributed by atoms with Gasteiger partial charge < -0.3 is 0 Å². The highest BCUT2D eigenvalue weighted by Gasteiger charge is 2.04. The van der Waals surface area contributed by atoms with Gasteiger partial charge in [-0.25, -0.2) is 0 Å². The van der Waals surface area contributed by atoms with Gasteiger partial charge in [0.15, 0.2) is 0 Å². The van der Waals surface area contributed by atoms with Crippen LogP contribution in [0.15, 0.2) is 24.3 Å². The third kappa shape index (κ3) is 4.61. The van der Waals surface area contributed by atoms with Crippen molar-refractivity contribution in [1.29, 1.82) is 0 Å². The molecule has 0 aliphatic heterocycles. The normalized spacial score (nSPS) is 11.6. The van der Waals surface area contributed by atoms with Gasteiger partial charge in [-0.1, -0.05) is 29.8 Å². The number of aryl methyl sites for hydroxylation is 1. The van der Waals surface area contributed by atoms with Gasteiger partial charge in [-0.2, -0.15) is 12.0 Å². The summed E-state index contributed by atoms with van der Waals surface area (Å²) in [6, 6.07) is 7.59. The van der Waals surface area contributed by atoms with E-state index in [0.717, 1.165) is 11.1 Å². The van der Waals surface area contributed by atoms with Gasteiger partial charge in [0.1, 0.15) is 0 Å². The molecule has 0 saturated carbocycles. The smallest absolute Gasteiger partial charge is 0.263 e. The maximum absolute atomic E-state index is 10.2. The Morgan fingerprint density at radius 2 is 2.21 bits per heavy atom. The number of hydrogen-bond donors (Lipinski definition) is 1. The van der Waals surface area contributed by atoms with E-state index in [1.165, 1.54) is 0 Å². The van der Waals surface area contributed by atoms with E-state index in [2.05, 4.69) is 3.63 Å². The maximum atomic E-state index is 10.2. The molecule has 0 fully saturated rings. The molecule has 4 nitrogen and oxygen atoms in total. The molecule has 0 atom stereocenters. The lowest BCUT2D eigenvalue weighted by Crippen LogP contribution is -1.97. The Balaban J connectivity index is 2.47. The lowest BCUT2D eigenvalue weighted by atomic mass is 10.2. The number of rotatable bonds is 4. The van der Waals surface area contributed by atoms with Gasteiger partial charge in [0.05, 0.1) is 0 Å². The summed E-state index contributed by atoms with van der Waals surface area (Å²) in [5.74, 6) is 0.376. The molecule has 0 radical (unpaired) electrons. The Morgan fingerprint density at radius 3 is 2.79 bits per heavy atom. The SMILES string of the molecule is Cc1cccc(CSOS(=O)(=O)O)c1. The minimum atomic E-state index is -4.34. The van der Waals surface area contributed by atoms with E-state index in [-0.39, 0.29) is 0 Å². The van der Waals surface area contributed by atoms with Gasteiger partial charge in [-0.15, -0.1) is 0 Å². The zero-order valence-corrected chi connectivity index (χ0v) is 9.14. The fraction of sp³-hybridized carbons (Fsp3) is 0.250. The Labute approximate surface area is 87.4 Å². The monoisotopic (exact) mass is 234 g/mol. The summed E-state index contributed by atoms with van der Waals surface area (Å²) < 4.78 is 32.8. The average molecular weight is 234 g/mol. The van der Waals surface area contributed by atoms with Gasteiger partial charge in [0.25, 0.3) is 0 Å². The first-order valence-electron chi connectivity index (χ1n) is 3.81. The summed E-state index contributed by atoms with van der Waals surface area (Å²) >= 11 is 0.684. The Morgan fingerprint density at radius 1 is 1.50 bits per heavy atom. The molecule has 6 heteroatoms. The molecule has 0 aliphatic rings. The molecule has 1 aromatic carbocycles. The van der Waals surface area contributed by atoms with Gasteiger partial charge in [0, 0.05) is 17.8 Å². The minimum Gasteiger partial charge on any atom is -0.263 e. The van der Waals surface area contributed by atoms with E-state index >= 15 is 0 Å². The molecule has 0 heterocycles. The first-order valence-corrected chi connectivity index (χ1v) is 6.09. The van der Waals surface area contributed by atoms with Gasteiger partial charge in [-0.05, 0) is 12.5 Å². The highest BCUT2D eigenvalue weighted by atomic mass is 32.3. The minimum absolute atomic E-state index is 0.376. The molecule has 0 aromatic heterocycles. The molecule has 0 aliphatic carbocycles. The average Bonchev–Trinajstić information content (AvgIpc) is 2.01. The van der Waals surface area contributed by atoms with Crippen LogP contribution < -0.4 is 0 Å². The Kier molecular flexibility index (Phi) is 3.94. The number of hydrogen-bond acceptors (Lipinski definition) is 4. The van der Waals surface area contributed by atoms with E-state index in [0.29, 0.717) is 17.8 Å². The zero-order valence-electron chi connectivity index (χ0n) is 7.50. The van der Waals surface area contributed by atoms with Crippen molar-refractivity contribution < 1.29 is 16.6 Å². The number of benzene rings is 1. The summed E-state index contributed by atoms with van der Waals surface area (Å²) in [5.41, 5.74) is 2.04. The summed E-state index contributed by atoms with van der Waals surface area (Å²) in [7, 11) is -4.34. The molecule has 1 aromatic rings. The predicted molar refractivity (Wildman–Crippen MR) is 55.1 cm³/mol. The topological polar surface area (TPSA) is 63.6 Å². The second-order valence-electron chi connectivity index (χ2n) is 2.75. The van der Waals surface area contributed by atoms with E-state index in [1.54, 1.807) is 0 Å². The van der Waals surface area contributed by atoms with Crippen LogP contribution in [0.3, 0.4) is 0 Å². The van der Waals surface area contributed by atoms with Crippen molar-refractivity contribution in [2.75, 3.05) is 0 Å². The molecular weight excluding hydrogens is 224 g/mol. The van der Waals surface area contributed by atoms with Crippen LogP contribution in [0.4, 0.5) is 0 Å². The molecule has 1 N–H and O–H groups in total. The Bertz CT molecular complexity index is 400. The van der Waals surface area contributed by atoms with Crippen molar-refractivity contribution >= 4 is 22.4 Å². The van der Waals surface area contributed by atoms with Gasteiger partial charge in [-0.3, -0.25) is 4.55 Å². The van der Waals surface area contributed by atoms with Crippen LogP contribution in [0.2, 0.25) is 0 Å². The highest BCUT2D eigenvalue weighted by Crippen LogP contribution is 2.15. The maximum Gasteiger partial charge on any atom is 0.408 e. The highest BCUT2D eigenvalue weighted by molar-refractivity contribution is 8.02. The first-order chi connectivity index (χ1) is 6.47. The van der Waals surface area contributed by atoms with Crippen LogP contribution in [0.25, 0.3) is 0 Å². The largest absolute Gasteiger partial charge is 0.408 e. The van der Waals surface area contributed by atoms with Crippen LogP contribution in [0, 0.1) is 6.92 Å². The fourth-order valence-electron chi connectivity index (χ4n) is 0.955. The van der Waals surface area contributed by atoms with E-state index < -0.39 is 10.4 Å². The summed E-state index contributed by atoms with van der Waals surface area (Å²) in [4.78, 5) is 0. The summed E-state index contributed by atoms with van der Waals surface area (Å²) in [5, 5.41) is 0. The summed E-state index contributed by atoms with van der Waals surface area (Å²) in [6.07, 6.45) is 0. The standard InChI is InChI=1S/C8H10O4S2/c1-7-3-2-4-8(5-7)6-13-12-14(9,10)11/h2-5H,6H2,1H3,(H,9,10,11). The van der Waals surface area contributed by atoms with Crippen molar-refractivity contribution in [3.8, 4) is 0 Å². The lowest BCUT2D eigenvalue weighted by Gasteiger charge is -2.00. The van der Waals surface area contributed by atoms with Crippen LogP contribution in [-0.2, 0) is 19.8 Å². The predicted octanol–water partition coefficient (Wildman–Crippen LogP) is 1.96. The van der Waals surface area contributed by atoms with Crippen LogP contribution in [-0.4, -0.2) is 13.0 Å². The first kappa shape index (κ1) is 11.5. The summed E-state index contributed by atoms with van der Waals surface area (Å²) in [6.45, 7) is 1.94. The van der Waals surface area contributed by atoms with E-state index in [9.17, 15) is 8.42 Å². The van der Waals surface area contributed by atoms with Crippen LogP contribution >= 0.6 is 12.0 Å². The molecule has 78 valence electrons. The van der Waals surface area contributed by atoms with Crippen LogP contribution in [0.5, 0.6) is 0 Å². The molecule has 0 unspecified atom stereocenters. The van der Waals surface area contributed by atoms with Crippen molar-refractivity contribution in [2.45, 2.75) is 12.7 Å². The third-order valence-corrected chi connectivity index (χ3v) is 2.97. The molecule has 1 rings (SSSR count). The Hall–Kier alpha value is -0.560. The van der Waals surface area contributed by atoms with Gasteiger partial charge in [0.2, 0.25) is 0 Å². The molecule has 0 spiro atoms. The lowest BCUT2D eigenvalue weighted by molar-refractivity contribution is 0.407. The molecule has 0 bridgehead atoms. The second kappa shape index (κ2) is 4.79. The molecule has 14 heavy (non-hydrogen) atoms. The third-order valence-electron chi connectivity index (χ3n) is 1.44. The quantitative estimate of drug-likeness (QED) is 0.637. The van der Waals surface area contributed by atoms with Crippen LogP contribution in [0.1, 0.15) is 11.1 Å². The van der Waals surface area contributed by atoms with Crippen molar-refractivity contribution in [2.24, 2.45) is 0 Å². The fourth-order valence-corrected chi connectivity index (χ4v) is 1.95. The van der Waals surface area contributed by atoms with E-state index in [4.69, 9.17) is 4.55 Å². The van der Waals surface area contributed by atoms with Crippen molar-refractivity contribution in [3.63, 3.8) is 0 Å². The van der Waals surface area contributed by atoms with Crippen molar-refractivity contribution in [3.05, 3.63) is 35.4 Å². The van der Waals surface area contributed by atoms with E-state index in [1.807, 2.05) is 31.2 Å². The molecule has 0 saturated heterocycles. The van der Waals surface area contributed by atoms with Gasteiger partial charge >= 0.3 is 10.4 Å². The second-order valence-corrected chi connectivity index (χ2v) is 4.67. The zero-order chi connectivity index (χ0) is 10.6.